The lowest BCUT2D eigenvalue weighted by molar-refractivity contribution is 0.104. The number of carbonyl (C=O) groups is 1. The molecule has 120 valence electrons. The van der Waals surface area contributed by atoms with Crippen molar-refractivity contribution in [2.45, 2.75) is 0 Å². The van der Waals surface area contributed by atoms with Crippen LogP contribution in [0.4, 0.5) is 0 Å². The van der Waals surface area contributed by atoms with Crippen molar-refractivity contribution in [3.63, 3.8) is 0 Å². The van der Waals surface area contributed by atoms with Crippen LogP contribution >= 0.6 is 33.2 Å². The Morgan fingerprint density at radius 3 is 2.26 bits per heavy atom. The molecule has 0 aliphatic carbocycles. The van der Waals surface area contributed by atoms with Crippen molar-refractivity contribution in [2.24, 2.45) is 0 Å². The smallest absolute Gasteiger partial charge is 0.468 e. The van der Waals surface area contributed by atoms with E-state index in [1.54, 1.807) is 30.3 Å². The number of ketones is 1. The molecule has 7 heteroatoms. The second-order valence-electron chi connectivity index (χ2n) is 4.48. The number of halogens is 3. The summed E-state index contributed by atoms with van der Waals surface area (Å²) in [6, 6.07) is 16.3. The van der Waals surface area contributed by atoms with Gasteiger partial charge < -0.3 is 9.16 Å². The molecule has 0 heterocycles. The maximum atomic E-state index is 12.1. The van der Waals surface area contributed by atoms with Crippen LogP contribution in [-0.2, 0) is 4.43 Å². The zero-order chi connectivity index (χ0) is 16.7. The molecule has 23 heavy (non-hydrogen) atoms. The summed E-state index contributed by atoms with van der Waals surface area (Å²) in [4.78, 5) is 12.1. The quantitative estimate of drug-likeness (QED) is 0.218. The minimum absolute atomic E-state index is 0.0923. The predicted molar refractivity (Wildman–Crippen MR) is 96.1 cm³/mol. The molecule has 0 aliphatic rings. The molecule has 2 aromatic rings. The van der Waals surface area contributed by atoms with Crippen LogP contribution in [0.2, 0.25) is 0 Å². The maximum absolute atomic E-state index is 12.1. The largest absolute Gasteiger partial charge is 0.496 e. The molecule has 3 nitrogen and oxygen atoms in total. The first-order valence-corrected chi connectivity index (χ1v) is 11.6. The molecule has 0 spiro atoms. The topological polar surface area (TPSA) is 35.5 Å². The van der Waals surface area contributed by atoms with Gasteiger partial charge in [-0.25, -0.2) is 0 Å². The highest BCUT2D eigenvalue weighted by atomic mass is 35.8. The number of allylic oxidation sites excluding steroid dienone is 1. The van der Waals surface area contributed by atoms with E-state index in [9.17, 15) is 4.79 Å². The second kappa shape index (κ2) is 8.52. The molecule has 2 aromatic carbocycles. The van der Waals surface area contributed by atoms with Crippen LogP contribution < -0.4 is 4.74 Å². The average molecular weight is 388 g/mol. The summed E-state index contributed by atoms with van der Waals surface area (Å²) >= 11 is 16.7. The van der Waals surface area contributed by atoms with E-state index in [2.05, 4.69) is 0 Å². The minimum Gasteiger partial charge on any atom is -0.468 e. The van der Waals surface area contributed by atoms with E-state index in [0.29, 0.717) is 11.3 Å². The average Bonchev–Trinajstić information content (AvgIpc) is 2.53. The third-order valence-corrected chi connectivity index (χ3v) is 4.24. The van der Waals surface area contributed by atoms with Crippen molar-refractivity contribution >= 4 is 51.3 Å². The summed E-state index contributed by atoms with van der Waals surface area (Å²) in [5.41, 5.74) is 1.52. The van der Waals surface area contributed by atoms with Gasteiger partial charge in [0.25, 0.3) is 0 Å². The van der Waals surface area contributed by atoms with Crippen LogP contribution in [0.15, 0.2) is 60.7 Å². The first-order chi connectivity index (χ1) is 10.9. The third kappa shape index (κ3) is 6.77. The Hall–Kier alpha value is -1.30. The molecule has 0 unspecified atom stereocenters. The summed E-state index contributed by atoms with van der Waals surface area (Å²) in [6.45, 7) is -0.149. The minimum atomic E-state index is -3.15. The van der Waals surface area contributed by atoms with Crippen LogP contribution in [0, 0.1) is 0 Å². The molecule has 0 fully saturated rings. The van der Waals surface area contributed by atoms with E-state index >= 15 is 0 Å². The fourth-order valence-electron chi connectivity index (χ4n) is 1.71. The number of hydrogen-bond acceptors (Lipinski definition) is 3. The van der Waals surface area contributed by atoms with E-state index in [1.165, 1.54) is 6.08 Å². The number of hydrogen-bond donors (Lipinski definition) is 0. The van der Waals surface area contributed by atoms with Gasteiger partial charge in [0.15, 0.2) is 12.6 Å². The van der Waals surface area contributed by atoms with Gasteiger partial charge in [-0.05, 0) is 35.9 Å². The van der Waals surface area contributed by atoms with E-state index in [4.69, 9.17) is 42.4 Å². The van der Waals surface area contributed by atoms with Gasteiger partial charge >= 0.3 is 6.25 Å². The molecule has 0 atom stereocenters. The monoisotopic (exact) mass is 386 g/mol. The summed E-state index contributed by atoms with van der Waals surface area (Å²) in [5, 5.41) is 0. The molecule has 0 saturated carbocycles. The SMILES string of the molecule is O=C(/C=C/c1ccccc1)c1ccc(OCO[Si](Cl)(Cl)Cl)cc1. The van der Waals surface area contributed by atoms with Crippen molar-refractivity contribution < 1.29 is 14.0 Å². The van der Waals surface area contributed by atoms with E-state index in [-0.39, 0.29) is 12.6 Å². The summed E-state index contributed by atoms with van der Waals surface area (Å²) in [5.74, 6) is 0.433. The Kier molecular flexibility index (Phi) is 6.68. The lowest BCUT2D eigenvalue weighted by Crippen LogP contribution is -2.19. The number of rotatable bonds is 7. The molecule has 0 radical (unpaired) electrons. The van der Waals surface area contributed by atoms with Gasteiger partial charge in [-0.2, -0.15) is 0 Å². The predicted octanol–water partition coefficient (Wildman–Crippen LogP) is 5.09. The van der Waals surface area contributed by atoms with Gasteiger partial charge in [0, 0.05) is 5.56 Å². The molecule has 0 aliphatic heterocycles. The Morgan fingerprint density at radius 1 is 1.00 bits per heavy atom. The molecular weight excluding hydrogens is 375 g/mol. The van der Waals surface area contributed by atoms with Gasteiger partial charge in [-0.1, -0.05) is 69.6 Å². The van der Waals surface area contributed by atoms with Crippen LogP contribution in [0.25, 0.3) is 6.08 Å². The molecular formula is C16H13Cl3O3Si. The lowest BCUT2D eigenvalue weighted by atomic mass is 10.1. The highest BCUT2D eigenvalue weighted by molar-refractivity contribution is 7.62. The molecule has 0 N–H and O–H groups in total. The van der Waals surface area contributed by atoms with Crippen molar-refractivity contribution in [1.82, 2.24) is 0 Å². The Labute approximate surface area is 149 Å². The van der Waals surface area contributed by atoms with E-state index < -0.39 is 6.25 Å². The van der Waals surface area contributed by atoms with Gasteiger partial charge in [0.05, 0.1) is 0 Å². The Bertz CT molecular complexity index is 667. The summed E-state index contributed by atoms with van der Waals surface area (Å²) in [6.07, 6.45) is 0.146. The first kappa shape index (κ1) is 18.0. The van der Waals surface area contributed by atoms with Gasteiger partial charge in [-0.3, -0.25) is 4.79 Å². The van der Waals surface area contributed by atoms with Crippen LogP contribution in [0.1, 0.15) is 15.9 Å². The third-order valence-electron chi connectivity index (χ3n) is 2.81. The Balaban J connectivity index is 1.91. The van der Waals surface area contributed by atoms with Crippen molar-refractivity contribution in [3.05, 3.63) is 71.8 Å². The summed E-state index contributed by atoms with van der Waals surface area (Å²) in [7, 11) is 0. The number of carbonyl (C=O) groups excluding carboxylic acids is 1. The van der Waals surface area contributed by atoms with Gasteiger partial charge in [0.2, 0.25) is 0 Å². The lowest BCUT2D eigenvalue weighted by Gasteiger charge is -2.11. The zero-order valence-electron chi connectivity index (χ0n) is 11.9. The zero-order valence-corrected chi connectivity index (χ0v) is 15.2. The first-order valence-electron chi connectivity index (χ1n) is 6.65. The van der Waals surface area contributed by atoms with E-state index in [0.717, 1.165) is 5.56 Å². The van der Waals surface area contributed by atoms with Crippen LogP contribution in [0.3, 0.4) is 0 Å². The molecule has 0 aromatic heterocycles. The molecule has 0 bridgehead atoms. The normalized spacial score (nSPS) is 11.6. The fourth-order valence-corrected chi connectivity index (χ4v) is 2.31. The second-order valence-corrected chi connectivity index (χ2v) is 12.2. The van der Waals surface area contributed by atoms with Gasteiger partial charge in [-0.15, -0.1) is 0 Å². The molecule has 0 amide bonds. The van der Waals surface area contributed by atoms with Crippen molar-refractivity contribution in [1.29, 1.82) is 0 Å². The number of ether oxygens (including phenoxy) is 1. The van der Waals surface area contributed by atoms with Crippen LogP contribution in [-0.4, -0.2) is 18.8 Å². The highest BCUT2D eigenvalue weighted by Crippen LogP contribution is 2.21. The maximum Gasteiger partial charge on any atom is 0.496 e. The highest BCUT2D eigenvalue weighted by Gasteiger charge is 2.27. The van der Waals surface area contributed by atoms with E-state index in [1.807, 2.05) is 30.3 Å². The van der Waals surface area contributed by atoms with Crippen molar-refractivity contribution in [2.75, 3.05) is 6.79 Å². The van der Waals surface area contributed by atoms with Crippen molar-refractivity contribution in [3.8, 4) is 5.75 Å². The molecule has 0 saturated heterocycles. The number of benzene rings is 2. The standard InChI is InChI=1S/C16H13Cl3O3Si/c17-23(18,19)22-12-21-15-9-7-14(8-10-15)16(20)11-6-13-4-2-1-3-5-13/h1-11H,12H2/b11-6+. The fraction of sp³-hybridized carbons (Fsp3) is 0.0625. The summed E-state index contributed by atoms with van der Waals surface area (Å²) < 4.78 is 10.2. The Morgan fingerprint density at radius 2 is 1.65 bits per heavy atom. The van der Waals surface area contributed by atoms with Crippen LogP contribution in [0.5, 0.6) is 5.75 Å². The molecule has 2 rings (SSSR count). The van der Waals surface area contributed by atoms with Gasteiger partial charge in [0.1, 0.15) is 5.75 Å².